The maximum absolute atomic E-state index is 12.7. The second-order valence-electron chi connectivity index (χ2n) is 10.9. The van der Waals surface area contributed by atoms with E-state index in [1.54, 1.807) is 12.1 Å². The van der Waals surface area contributed by atoms with E-state index in [0.717, 1.165) is 12.8 Å². The number of halogens is 1. The van der Waals surface area contributed by atoms with E-state index in [2.05, 4.69) is 43.2 Å². The fraction of sp³-hybridized carbons (Fsp3) is 0.444. The predicted molar refractivity (Wildman–Crippen MR) is 154 cm³/mol. The second kappa shape index (κ2) is 11.1. The van der Waals surface area contributed by atoms with Gasteiger partial charge in [0.2, 0.25) is 5.95 Å². The van der Waals surface area contributed by atoms with E-state index in [1.165, 1.54) is 17.8 Å². The van der Waals surface area contributed by atoms with Crippen LogP contribution < -0.4 is 26.6 Å². The Balaban J connectivity index is 1.30. The monoisotopic (exact) mass is 605 g/mol. The van der Waals surface area contributed by atoms with Crippen LogP contribution in [0.3, 0.4) is 0 Å². The van der Waals surface area contributed by atoms with Gasteiger partial charge in [-0.15, -0.1) is 5.10 Å². The fourth-order valence-corrected chi connectivity index (χ4v) is 5.14. The Morgan fingerprint density at radius 2 is 2.00 bits per heavy atom. The van der Waals surface area contributed by atoms with Crippen molar-refractivity contribution in [2.45, 2.75) is 55.8 Å². The molecule has 0 radical (unpaired) electrons. The number of nitriles is 2. The molecule has 3 fully saturated rings. The maximum atomic E-state index is 12.7. The first kappa shape index (κ1) is 28.3. The molecule has 2 atom stereocenters. The number of hydrogen-bond acceptors (Lipinski definition) is 13. The number of nitrogens with one attached hydrogen (secondary N) is 3. The number of methoxy groups -OCH3 is 1. The average Bonchev–Trinajstić information content (AvgIpc) is 3.93. The Labute approximate surface area is 250 Å². The Kier molecular flexibility index (Phi) is 7.29. The Morgan fingerprint density at radius 3 is 2.67 bits per heavy atom. The Hall–Kier alpha value is -4.86. The number of carbonyl (C=O) groups excluding carboxylic acids is 2. The number of alkyl carbamates (subject to hydrolysis) is 1. The molecule has 2 aliphatic carbocycles. The van der Waals surface area contributed by atoms with E-state index < -0.39 is 29.7 Å². The van der Waals surface area contributed by atoms with Crippen LogP contribution in [0.2, 0.25) is 5.02 Å². The van der Waals surface area contributed by atoms with Gasteiger partial charge in [0.15, 0.2) is 17.2 Å². The Bertz CT molecular complexity index is 1690. The van der Waals surface area contributed by atoms with Gasteiger partial charge in [-0.1, -0.05) is 11.6 Å². The van der Waals surface area contributed by atoms with E-state index in [-0.39, 0.29) is 29.3 Å². The highest BCUT2D eigenvalue weighted by Crippen LogP contribution is 2.39. The zero-order valence-corrected chi connectivity index (χ0v) is 23.9. The van der Waals surface area contributed by atoms with Crippen molar-refractivity contribution in [3.63, 3.8) is 0 Å². The van der Waals surface area contributed by atoms with E-state index >= 15 is 0 Å². The molecule has 0 bridgehead atoms. The highest BCUT2D eigenvalue weighted by molar-refractivity contribution is 6.36. The number of piperidine rings is 1. The number of nitrogens with zero attached hydrogens (tertiary/aromatic N) is 7. The first-order valence-corrected chi connectivity index (χ1v) is 14.1. The van der Waals surface area contributed by atoms with Gasteiger partial charge in [0.1, 0.15) is 17.7 Å². The number of carbonyl (C=O) groups is 2. The Morgan fingerprint density at radius 1 is 1.21 bits per heavy atom. The second-order valence-corrected chi connectivity index (χ2v) is 11.2. The van der Waals surface area contributed by atoms with Gasteiger partial charge in [0, 0.05) is 12.6 Å². The number of nitrogens with two attached hydrogens (primary N) is 1. The number of amides is 1. The molecule has 5 N–H and O–H groups in total. The minimum Gasteiger partial charge on any atom is -0.457 e. The number of esters is 1. The van der Waals surface area contributed by atoms with Crippen molar-refractivity contribution in [3.8, 4) is 12.1 Å². The van der Waals surface area contributed by atoms with E-state index in [0.29, 0.717) is 54.2 Å². The first-order valence-electron chi connectivity index (χ1n) is 13.7. The van der Waals surface area contributed by atoms with Crippen molar-refractivity contribution in [2.24, 2.45) is 5.73 Å². The highest BCUT2D eigenvalue weighted by Gasteiger charge is 2.49. The zero-order valence-electron chi connectivity index (χ0n) is 23.1. The molecule has 1 saturated heterocycles. The minimum atomic E-state index is -1.01. The molecule has 3 aliphatic rings. The molecule has 3 aromatic rings. The van der Waals surface area contributed by atoms with Gasteiger partial charge < -0.3 is 36.1 Å². The van der Waals surface area contributed by atoms with Crippen LogP contribution in [0.1, 0.15) is 43.4 Å². The van der Waals surface area contributed by atoms with Crippen LogP contribution in [0.15, 0.2) is 18.3 Å². The van der Waals surface area contributed by atoms with Crippen LogP contribution in [0, 0.1) is 22.7 Å². The van der Waals surface area contributed by atoms with Crippen LogP contribution in [0.25, 0.3) is 5.65 Å². The fourth-order valence-electron chi connectivity index (χ4n) is 4.87. The molecule has 2 saturated carbocycles. The number of aromatic nitrogens is 4. The molecule has 43 heavy (non-hydrogen) atoms. The smallest absolute Gasteiger partial charge is 0.407 e. The number of ether oxygens (including phenoxy) is 2. The van der Waals surface area contributed by atoms with E-state index in [1.807, 2.05) is 4.90 Å². The SMILES string of the molecule is COC(=O)NC1CCN(c2cc(C#N)cc(Nc3nc(NC4CC4)c4ncc(C#N)n4n3)c2Cl)CC1OC(=O)C1(N)CC1. The molecule has 16 heteroatoms. The number of imidazole rings is 1. The lowest BCUT2D eigenvalue weighted by Gasteiger charge is -2.40. The van der Waals surface area contributed by atoms with Gasteiger partial charge in [-0.3, -0.25) is 4.79 Å². The number of benzene rings is 1. The summed E-state index contributed by atoms with van der Waals surface area (Å²) in [5.41, 5.74) is 6.87. The summed E-state index contributed by atoms with van der Waals surface area (Å²) in [6.07, 6.45) is 3.48. The van der Waals surface area contributed by atoms with E-state index in [9.17, 15) is 20.1 Å². The van der Waals surface area contributed by atoms with Crippen molar-refractivity contribution in [3.05, 3.63) is 34.6 Å². The summed E-state index contributed by atoms with van der Waals surface area (Å²) in [4.78, 5) is 35.5. The predicted octanol–water partition coefficient (Wildman–Crippen LogP) is 2.18. The molecule has 15 nitrogen and oxygen atoms in total. The van der Waals surface area contributed by atoms with Gasteiger partial charge in [-0.2, -0.15) is 20.0 Å². The molecule has 222 valence electrons. The van der Waals surface area contributed by atoms with Crippen molar-refractivity contribution < 1.29 is 19.1 Å². The third-order valence-corrected chi connectivity index (χ3v) is 8.06. The molecule has 2 unspecified atom stereocenters. The molecule has 3 heterocycles. The summed E-state index contributed by atoms with van der Waals surface area (Å²) in [5, 5.41) is 33.2. The van der Waals surface area contributed by atoms with E-state index in [4.69, 9.17) is 26.8 Å². The van der Waals surface area contributed by atoms with Crippen molar-refractivity contribution >= 4 is 52.5 Å². The largest absolute Gasteiger partial charge is 0.457 e. The molecular formula is C27H28ClN11O4. The number of anilines is 4. The quantitative estimate of drug-likeness (QED) is 0.272. The summed E-state index contributed by atoms with van der Waals surface area (Å²) in [6.45, 7) is 0.589. The number of rotatable bonds is 8. The van der Waals surface area contributed by atoms with Crippen LogP contribution in [0.4, 0.5) is 27.9 Å². The lowest BCUT2D eigenvalue weighted by molar-refractivity contribution is -0.153. The summed E-state index contributed by atoms with van der Waals surface area (Å²) in [7, 11) is 1.26. The van der Waals surface area contributed by atoms with Crippen LogP contribution in [-0.4, -0.2) is 75.6 Å². The summed E-state index contributed by atoms with van der Waals surface area (Å²) >= 11 is 6.92. The molecular weight excluding hydrogens is 578 g/mol. The molecule has 1 aromatic carbocycles. The average molecular weight is 606 g/mol. The molecule has 1 aliphatic heterocycles. The van der Waals surface area contributed by atoms with Crippen molar-refractivity contribution in [1.29, 1.82) is 10.5 Å². The lowest BCUT2D eigenvalue weighted by atomic mass is 10.00. The first-order chi connectivity index (χ1) is 20.7. The van der Waals surface area contributed by atoms with Gasteiger partial charge in [-0.05, 0) is 44.2 Å². The normalized spacial score (nSPS) is 20.4. The van der Waals surface area contributed by atoms with Gasteiger partial charge in [-0.25, -0.2) is 9.78 Å². The van der Waals surface area contributed by atoms with Crippen LogP contribution >= 0.6 is 11.6 Å². The number of hydrogen-bond donors (Lipinski definition) is 4. The maximum Gasteiger partial charge on any atom is 0.407 e. The topological polar surface area (TPSA) is 209 Å². The highest BCUT2D eigenvalue weighted by atomic mass is 35.5. The van der Waals surface area contributed by atoms with Crippen LogP contribution in [-0.2, 0) is 14.3 Å². The van der Waals surface area contributed by atoms with Gasteiger partial charge in [0.25, 0.3) is 0 Å². The third-order valence-electron chi connectivity index (χ3n) is 7.67. The molecule has 0 spiro atoms. The molecule has 2 aromatic heterocycles. The number of fused-ring (bicyclic) bond motifs is 1. The van der Waals surface area contributed by atoms with Crippen molar-refractivity contribution in [1.82, 2.24) is 24.9 Å². The summed E-state index contributed by atoms with van der Waals surface area (Å²) < 4.78 is 11.9. The van der Waals surface area contributed by atoms with Crippen LogP contribution in [0.5, 0.6) is 0 Å². The zero-order chi connectivity index (χ0) is 30.3. The van der Waals surface area contributed by atoms with Crippen molar-refractivity contribution in [2.75, 3.05) is 35.7 Å². The summed E-state index contributed by atoms with van der Waals surface area (Å²) in [5.74, 6) is 0.0700. The molecule has 6 rings (SSSR count). The van der Waals surface area contributed by atoms with Gasteiger partial charge >= 0.3 is 12.1 Å². The minimum absolute atomic E-state index is 0.138. The lowest BCUT2D eigenvalue weighted by Crippen LogP contribution is -2.57. The van der Waals surface area contributed by atoms with Gasteiger partial charge in [0.05, 0.1) is 53.9 Å². The third kappa shape index (κ3) is 5.77. The molecule has 1 amide bonds. The standard InChI is InChI=1S/C27H28ClN11O4/c1-42-26(41)35-17-4-7-38(13-20(17)43-24(40)27(31)5-6-27)19-9-14(10-29)8-18(21(19)28)34-25-36-22(33-15-2-3-15)23-32-12-16(11-30)39(23)37-25/h8-9,12,15,17,20H,2-7,13,31H2,1H3,(H,35,41)(H2,33,34,36,37). The summed E-state index contributed by atoms with van der Waals surface area (Å²) in [6, 6.07) is 7.17.